The zero-order valence-electron chi connectivity index (χ0n) is 9.81. The van der Waals surface area contributed by atoms with Crippen LogP contribution in [0.2, 0.25) is 0 Å². The fourth-order valence-corrected chi connectivity index (χ4v) is 2.28. The predicted octanol–water partition coefficient (Wildman–Crippen LogP) is 2.71. The molecule has 0 atom stereocenters. The maximum absolute atomic E-state index is 11.3. The Morgan fingerprint density at radius 1 is 1.32 bits per heavy atom. The SMILES string of the molecule is Nc1cc2c(cc1Oc1cncc(Br)c1)NC(=O)C2. The molecule has 1 aromatic carbocycles. The van der Waals surface area contributed by atoms with E-state index in [1.54, 1.807) is 30.6 Å². The van der Waals surface area contributed by atoms with E-state index < -0.39 is 0 Å². The lowest BCUT2D eigenvalue weighted by molar-refractivity contribution is -0.115. The highest BCUT2D eigenvalue weighted by molar-refractivity contribution is 9.10. The van der Waals surface area contributed by atoms with Gasteiger partial charge in [0.1, 0.15) is 5.75 Å². The number of anilines is 2. The zero-order chi connectivity index (χ0) is 13.4. The van der Waals surface area contributed by atoms with E-state index in [4.69, 9.17) is 10.5 Å². The number of halogens is 1. The number of rotatable bonds is 2. The minimum atomic E-state index is -0.0318. The summed E-state index contributed by atoms with van der Waals surface area (Å²) in [7, 11) is 0. The Hall–Kier alpha value is -2.08. The summed E-state index contributed by atoms with van der Waals surface area (Å²) in [6.07, 6.45) is 3.62. The van der Waals surface area contributed by atoms with Gasteiger partial charge in [-0.05, 0) is 33.6 Å². The highest BCUT2D eigenvalue weighted by atomic mass is 79.9. The minimum absolute atomic E-state index is 0.0318. The van der Waals surface area contributed by atoms with Crippen molar-refractivity contribution in [3.05, 3.63) is 40.6 Å². The first-order chi connectivity index (χ1) is 9.11. The number of nitrogens with two attached hydrogens (primary N) is 1. The number of nitrogens with one attached hydrogen (secondary N) is 1. The summed E-state index contributed by atoms with van der Waals surface area (Å²) in [5.41, 5.74) is 8.06. The monoisotopic (exact) mass is 319 g/mol. The summed E-state index contributed by atoms with van der Waals surface area (Å²) in [6.45, 7) is 0. The van der Waals surface area contributed by atoms with Crippen LogP contribution in [0.25, 0.3) is 0 Å². The first-order valence-corrected chi connectivity index (χ1v) is 6.42. The van der Waals surface area contributed by atoms with Crippen molar-refractivity contribution in [2.75, 3.05) is 11.1 Å². The number of hydrogen-bond acceptors (Lipinski definition) is 4. The molecule has 1 aliphatic rings. The Morgan fingerprint density at radius 2 is 2.16 bits per heavy atom. The van der Waals surface area contributed by atoms with Crippen molar-refractivity contribution in [3.8, 4) is 11.5 Å². The fourth-order valence-electron chi connectivity index (χ4n) is 1.94. The van der Waals surface area contributed by atoms with Crippen molar-refractivity contribution >= 4 is 33.2 Å². The molecule has 19 heavy (non-hydrogen) atoms. The number of fused-ring (bicyclic) bond motifs is 1. The summed E-state index contributed by atoms with van der Waals surface area (Å²) in [5.74, 6) is 1.04. The quantitative estimate of drug-likeness (QED) is 0.834. The second-order valence-corrected chi connectivity index (χ2v) is 5.13. The van der Waals surface area contributed by atoms with E-state index in [9.17, 15) is 4.79 Å². The normalized spacial score (nSPS) is 13.0. The summed E-state index contributed by atoms with van der Waals surface area (Å²) in [6, 6.07) is 5.28. The van der Waals surface area contributed by atoms with Crippen LogP contribution in [0.4, 0.5) is 11.4 Å². The van der Waals surface area contributed by atoms with E-state index in [1.807, 2.05) is 0 Å². The highest BCUT2D eigenvalue weighted by Crippen LogP contribution is 2.35. The third-order valence-electron chi connectivity index (χ3n) is 2.77. The summed E-state index contributed by atoms with van der Waals surface area (Å²) in [5, 5.41) is 2.76. The summed E-state index contributed by atoms with van der Waals surface area (Å²) in [4.78, 5) is 15.3. The molecule has 1 aliphatic heterocycles. The molecule has 3 N–H and O–H groups in total. The van der Waals surface area contributed by atoms with Crippen molar-refractivity contribution in [2.24, 2.45) is 0 Å². The Balaban J connectivity index is 1.94. The smallest absolute Gasteiger partial charge is 0.228 e. The van der Waals surface area contributed by atoms with Gasteiger partial charge < -0.3 is 15.8 Å². The molecule has 0 bridgehead atoms. The average molecular weight is 320 g/mol. The molecule has 3 rings (SSSR count). The van der Waals surface area contributed by atoms with Crippen LogP contribution in [-0.4, -0.2) is 10.9 Å². The molecule has 0 aliphatic carbocycles. The third kappa shape index (κ3) is 2.39. The van der Waals surface area contributed by atoms with Gasteiger partial charge in [-0.25, -0.2) is 0 Å². The number of nitrogens with zero attached hydrogens (tertiary/aromatic N) is 1. The lowest BCUT2D eigenvalue weighted by Gasteiger charge is -2.10. The molecule has 5 nitrogen and oxygen atoms in total. The number of aromatic nitrogens is 1. The molecule has 96 valence electrons. The van der Waals surface area contributed by atoms with Gasteiger partial charge in [0.25, 0.3) is 0 Å². The van der Waals surface area contributed by atoms with E-state index >= 15 is 0 Å². The number of nitrogen functional groups attached to an aromatic ring is 1. The van der Waals surface area contributed by atoms with E-state index in [0.717, 1.165) is 15.7 Å². The van der Waals surface area contributed by atoms with Gasteiger partial charge in [0.05, 0.1) is 18.3 Å². The Morgan fingerprint density at radius 3 is 2.95 bits per heavy atom. The van der Waals surface area contributed by atoms with Crippen LogP contribution in [0.5, 0.6) is 11.5 Å². The van der Waals surface area contributed by atoms with Crippen LogP contribution in [0, 0.1) is 0 Å². The topological polar surface area (TPSA) is 77.2 Å². The lowest BCUT2D eigenvalue weighted by atomic mass is 10.1. The Bertz CT molecular complexity index is 673. The zero-order valence-corrected chi connectivity index (χ0v) is 11.4. The van der Waals surface area contributed by atoms with Gasteiger partial charge >= 0.3 is 0 Å². The fraction of sp³-hybridized carbons (Fsp3) is 0.0769. The highest BCUT2D eigenvalue weighted by Gasteiger charge is 2.20. The second-order valence-electron chi connectivity index (χ2n) is 4.21. The lowest BCUT2D eigenvalue weighted by Crippen LogP contribution is -2.03. The van der Waals surface area contributed by atoms with Crippen molar-refractivity contribution < 1.29 is 9.53 Å². The number of hydrogen-bond donors (Lipinski definition) is 2. The molecular weight excluding hydrogens is 310 g/mol. The first kappa shape index (κ1) is 12.0. The van der Waals surface area contributed by atoms with E-state index in [1.165, 1.54) is 0 Å². The van der Waals surface area contributed by atoms with Crippen molar-refractivity contribution in [1.29, 1.82) is 0 Å². The standard InChI is InChI=1S/C13H10BrN3O2/c14-8-3-9(6-16-5-8)19-12-4-11-7(1-10(12)15)2-13(18)17-11/h1,3-6H,2,15H2,(H,17,18). The van der Waals surface area contributed by atoms with E-state index in [-0.39, 0.29) is 5.91 Å². The first-order valence-electron chi connectivity index (χ1n) is 5.62. The van der Waals surface area contributed by atoms with Gasteiger partial charge in [-0.2, -0.15) is 0 Å². The van der Waals surface area contributed by atoms with E-state index in [2.05, 4.69) is 26.2 Å². The van der Waals surface area contributed by atoms with Crippen LogP contribution in [0.1, 0.15) is 5.56 Å². The summed E-state index contributed by atoms with van der Waals surface area (Å²) >= 11 is 3.32. The number of carbonyl (C=O) groups is 1. The number of amides is 1. The van der Waals surface area contributed by atoms with Crippen molar-refractivity contribution in [1.82, 2.24) is 4.98 Å². The van der Waals surface area contributed by atoms with Gasteiger partial charge in [-0.3, -0.25) is 9.78 Å². The average Bonchev–Trinajstić information content (AvgIpc) is 2.69. The molecule has 0 fully saturated rings. The second kappa shape index (κ2) is 4.55. The molecule has 0 saturated carbocycles. The molecular formula is C13H10BrN3O2. The van der Waals surface area contributed by atoms with E-state index in [0.29, 0.717) is 23.6 Å². The molecule has 1 aromatic heterocycles. The van der Waals surface area contributed by atoms with Crippen LogP contribution in [-0.2, 0) is 11.2 Å². The summed E-state index contributed by atoms with van der Waals surface area (Å²) < 4.78 is 6.50. The number of benzene rings is 1. The molecule has 6 heteroatoms. The van der Waals surface area contributed by atoms with Crippen LogP contribution >= 0.6 is 15.9 Å². The van der Waals surface area contributed by atoms with Gasteiger partial charge in [0, 0.05) is 22.4 Å². The largest absolute Gasteiger partial charge is 0.453 e. The van der Waals surface area contributed by atoms with Crippen molar-refractivity contribution in [2.45, 2.75) is 6.42 Å². The molecule has 2 heterocycles. The van der Waals surface area contributed by atoms with Crippen LogP contribution < -0.4 is 15.8 Å². The van der Waals surface area contributed by atoms with Crippen LogP contribution in [0.15, 0.2) is 35.1 Å². The minimum Gasteiger partial charge on any atom is -0.453 e. The van der Waals surface area contributed by atoms with Gasteiger partial charge in [0.15, 0.2) is 5.75 Å². The molecule has 0 spiro atoms. The third-order valence-corrected chi connectivity index (χ3v) is 3.20. The van der Waals surface area contributed by atoms with Crippen molar-refractivity contribution in [3.63, 3.8) is 0 Å². The van der Waals surface area contributed by atoms with Gasteiger partial charge in [-0.15, -0.1) is 0 Å². The number of carbonyl (C=O) groups excluding carboxylic acids is 1. The molecule has 1 amide bonds. The maximum Gasteiger partial charge on any atom is 0.228 e. The molecule has 0 unspecified atom stereocenters. The molecule has 2 aromatic rings. The van der Waals surface area contributed by atoms with Crippen LogP contribution in [0.3, 0.4) is 0 Å². The molecule has 0 saturated heterocycles. The Labute approximate surface area is 117 Å². The number of ether oxygens (including phenoxy) is 1. The molecule has 0 radical (unpaired) electrons. The predicted molar refractivity (Wildman–Crippen MR) is 75.2 cm³/mol. The van der Waals surface area contributed by atoms with Gasteiger partial charge in [-0.1, -0.05) is 0 Å². The Kier molecular flexibility index (Phi) is 2.87. The number of pyridine rings is 1. The maximum atomic E-state index is 11.3. The van der Waals surface area contributed by atoms with Gasteiger partial charge in [0.2, 0.25) is 5.91 Å².